The van der Waals surface area contributed by atoms with Gasteiger partial charge in [-0.1, -0.05) is 12.8 Å². The van der Waals surface area contributed by atoms with Gasteiger partial charge in [0.25, 0.3) is 0 Å². The number of unbranched alkanes of at least 4 members (excludes halogenated alkanes) is 2. The zero-order chi connectivity index (χ0) is 10.4. The highest BCUT2D eigenvalue weighted by molar-refractivity contribution is 5.79. The highest BCUT2D eigenvalue weighted by atomic mass is 16.2. The number of nitrogens with zero attached hydrogens (tertiary/aromatic N) is 1. The summed E-state index contributed by atoms with van der Waals surface area (Å²) >= 11 is 0. The third kappa shape index (κ3) is 3.29. The van der Waals surface area contributed by atoms with E-state index in [9.17, 15) is 4.79 Å². The molecule has 1 aliphatic rings. The molecule has 0 radical (unpaired) electrons. The summed E-state index contributed by atoms with van der Waals surface area (Å²) < 4.78 is 0. The quantitative estimate of drug-likeness (QED) is 0.655. The monoisotopic (exact) mass is 198 g/mol. The predicted octanol–water partition coefficient (Wildman–Crippen LogP) is 1.37. The van der Waals surface area contributed by atoms with Crippen molar-refractivity contribution in [2.45, 2.75) is 38.5 Å². The minimum Gasteiger partial charge on any atom is -0.346 e. The lowest BCUT2D eigenvalue weighted by atomic mass is 9.84. The Labute approximate surface area is 86.6 Å². The van der Waals surface area contributed by atoms with Gasteiger partial charge in [0.1, 0.15) is 0 Å². The van der Waals surface area contributed by atoms with E-state index >= 15 is 0 Å². The van der Waals surface area contributed by atoms with E-state index in [1.807, 2.05) is 11.9 Å². The Bertz CT molecular complexity index is 178. The summed E-state index contributed by atoms with van der Waals surface area (Å²) in [4.78, 5) is 13.6. The van der Waals surface area contributed by atoms with E-state index in [-0.39, 0.29) is 0 Å². The third-order valence-electron chi connectivity index (χ3n) is 3.03. The van der Waals surface area contributed by atoms with E-state index < -0.39 is 0 Å². The van der Waals surface area contributed by atoms with Gasteiger partial charge in [-0.05, 0) is 32.2 Å². The van der Waals surface area contributed by atoms with Crippen LogP contribution in [-0.4, -0.2) is 30.9 Å². The maximum Gasteiger partial charge on any atom is 0.225 e. The number of hydrogen-bond donors (Lipinski definition) is 1. The molecule has 3 nitrogen and oxygen atoms in total. The lowest BCUT2D eigenvalue weighted by molar-refractivity contribution is -0.136. The number of amides is 1. The Morgan fingerprint density at radius 2 is 2.07 bits per heavy atom. The molecule has 0 spiro atoms. The van der Waals surface area contributed by atoms with Gasteiger partial charge >= 0.3 is 0 Å². The molecule has 1 amide bonds. The van der Waals surface area contributed by atoms with E-state index in [4.69, 9.17) is 5.73 Å². The van der Waals surface area contributed by atoms with Crippen LogP contribution < -0.4 is 5.73 Å². The summed E-state index contributed by atoms with van der Waals surface area (Å²) in [5.41, 5.74) is 5.40. The maximum absolute atomic E-state index is 11.7. The van der Waals surface area contributed by atoms with E-state index in [0.29, 0.717) is 11.8 Å². The second kappa shape index (κ2) is 6.02. The molecule has 0 bridgehead atoms. The van der Waals surface area contributed by atoms with Gasteiger partial charge < -0.3 is 10.6 Å². The first-order valence-electron chi connectivity index (χ1n) is 5.70. The van der Waals surface area contributed by atoms with Crippen LogP contribution in [0.4, 0.5) is 0 Å². The molecule has 0 heterocycles. The number of carbonyl (C=O) groups is 1. The second-order valence-electron chi connectivity index (χ2n) is 4.24. The van der Waals surface area contributed by atoms with Crippen molar-refractivity contribution in [1.29, 1.82) is 0 Å². The number of nitrogens with two attached hydrogens (primary N) is 1. The van der Waals surface area contributed by atoms with Gasteiger partial charge in [0.05, 0.1) is 0 Å². The number of rotatable bonds is 6. The van der Waals surface area contributed by atoms with Crippen LogP contribution in [0.5, 0.6) is 0 Å². The van der Waals surface area contributed by atoms with Crippen molar-refractivity contribution >= 4 is 5.91 Å². The molecule has 0 unspecified atom stereocenters. The summed E-state index contributed by atoms with van der Waals surface area (Å²) in [5.74, 6) is 0.693. The second-order valence-corrected chi connectivity index (χ2v) is 4.24. The Balaban J connectivity index is 2.07. The normalized spacial score (nSPS) is 16.4. The molecule has 0 aromatic carbocycles. The van der Waals surface area contributed by atoms with Crippen molar-refractivity contribution in [1.82, 2.24) is 4.90 Å². The van der Waals surface area contributed by atoms with Gasteiger partial charge in [0.15, 0.2) is 0 Å². The Hall–Kier alpha value is -0.570. The molecule has 14 heavy (non-hydrogen) atoms. The first kappa shape index (κ1) is 11.5. The van der Waals surface area contributed by atoms with Crippen molar-refractivity contribution in [3.63, 3.8) is 0 Å². The fourth-order valence-electron chi connectivity index (χ4n) is 1.75. The van der Waals surface area contributed by atoms with Crippen LogP contribution >= 0.6 is 0 Å². The standard InChI is InChI=1S/C11H22N2O/c1-13(9-4-2-3-8-12)11(14)10-6-5-7-10/h10H,2-9,12H2,1H3. The summed E-state index contributed by atoms with van der Waals surface area (Å²) in [6, 6.07) is 0. The molecular formula is C11H22N2O. The van der Waals surface area contributed by atoms with Gasteiger partial charge in [-0.2, -0.15) is 0 Å². The van der Waals surface area contributed by atoms with Crippen LogP contribution in [0.1, 0.15) is 38.5 Å². The van der Waals surface area contributed by atoms with Crippen LogP contribution in [0.3, 0.4) is 0 Å². The van der Waals surface area contributed by atoms with Crippen molar-refractivity contribution in [2.75, 3.05) is 20.1 Å². The zero-order valence-corrected chi connectivity index (χ0v) is 9.17. The fourth-order valence-corrected chi connectivity index (χ4v) is 1.75. The van der Waals surface area contributed by atoms with Crippen LogP contribution in [0.15, 0.2) is 0 Å². The van der Waals surface area contributed by atoms with Crippen LogP contribution in [-0.2, 0) is 4.79 Å². The topological polar surface area (TPSA) is 46.3 Å². The molecule has 1 saturated carbocycles. The lowest BCUT2D eigenvalue weighted by Gasteiger charge is -2.29. The number of hydrogen-bond acceptors (Lipinski definition) is 2. The molecule has 1 fully saturated rings. The summed E-state index contributed by atoms with van der Waals surface area (Å²) in [6.07, 6.45) is 6.74. The highest BCUT2D eigenvalue weighted by Gasteiger charge is 2.27. The molecule has 1 aliphatic carbocycles. The smallest absolute Gasteiger partial charge is 0.225 e. The van der Waals surface area contributed by atoms with E-state index in [1.165, 1.54) is 6.42 Å². The van der Waals surface area contributed by atoms with Gasteiger partial charge in [-0.15, -0.1) is 0 Å². The zero-order valence-electron chi connectivity index (χ0n) is 9.17. The minimum atomic E-state index is 0.342. The number of carbonyl (C=O) groups excluding carboxylic acids is 1. The third-order valence-corrected chi connectivity index (χ3v) is 3.03. The summed E-state index contributed by atoms with van der Waals surface area (Å²) in [5, 5.41) is 0. The van der Waals surface area contributed by atoms with Crippen molar-refractivity contribution in [2.24, 2.45) is 11.7 Å². The fraction of sp³-hybridized carbons (Fsp3) is 0.909. The van der Waals surface area contributed by atoms with Crippen LogP contribution in [0, 0.1) is 5.92 Å². The Kier molecular flexibility index (Phi) is 4.94. The molecular weight excluding hydrogens is 176 g/mol. The summed E-state index contributed by atoms with van der Waals surface area (Å²) in [6.45, 7) is 1.66. The average molecular weight is 198 g/mol. The van der Waals surface area contributed by atoms with Crippen LogP contribution in [0.25, 0.3) is 0 Å². The molecule has 0 saturated heterocycles. The highest BCUT2D eigenvalue weighted by Crippen LogP contribution is 2.27. The van der Waals surface area contributed by atoms with E-state index in [1.54, 1.807) is 0 Å². The Morgan fingerprint density at radius 3 is 2.57 bits per heavy atom. The molecule has 3 heteroatoms. The molecule has 82 valence electrons. The van der Waals surface area contributed by atoms with E-state index in [2.05, 4.69) is 0 Å². The molecule has 0 aromatic heterocycles. The first-order valence-corrected chi connectivity index (χ1v) is 5.70. The van der Waals surface area contributed by atoms with Gasteiger partial charge in [-0.25, -0.2) is 0 Å². The minimum absolute atomic E-state index is 0.342. The maximum atomic E-state index is 11.7. The SMILES string of the molecule is CN(CCCCCN)C(=O)C1CCC1. The predicted molar refractivity (Wildman–Crippen MR) is 57.9 cm³/mol. The van der Waals surface area contributed by atoms with Crippen molar-refractivity contribution in [3.05, 3.63) is 0 Å². The first-order chi connectivity index (χ1) is 6.75. The van der Waals surface area contributed by atoms with E-state index in [0.717, 1.165) is 45.2 Å². The molecule has 1 rings (SSSR count). The van der Waals surface area contributed by atoms with Gasteiger partial charge in [0.2, 0.25) is 5.91 Å². The molecule has 0 atom stereocenters. The molecule has 0 aromatic rings. The van der Waals surface area contributed by atoms with Crippen LogP contribution in [0.2, 0.25) is 0 Å². The molecule has 0 aliphatic heterocycles. The largest absolute Gasteiger partial charge is 0.346 e. The lowest BCUT2D eigenvalue weighted by Crippen LogP contribution is -2.36. The molecule has 2 N–H and O–H groups in total. The average Bonchev–Trinajstić information content (AvgIpc) is 2.09. The van der Waals surface area contributed by atoms with Crippen molar-refractivity contribution in [3.8, 4) is 0 Å². The summed E-state index contributed by atoms with van der Waals surface area (Å²) in [7, 11) is 1.92. The van der Waals surface area contributed by atoms with Crippen molar-refractivity contribution < 1.29 is 4.79 Å². The Morgan fingerprint density at radius 1 is 1.36 bits per heavy atom. The van der Waals surface area contributed by atoms with Gasteiger partial charge in [-0.3, -0.25) is 4.79 Å². The van der Waals surface area contributed by atoms with Gasteiger partial charge in [0, 0.05) is 19.5 Å².